The van der Waals surface area contributed by atoms with Crippen molar-refractivity contribution >= 4 is 11.8 Å². The van der Waals surface area contributed by atoms with E-state index in [4.69, 9.17) is 0 Å². The Bertz CT molecular complexity index is 265. The minimum absolute atomic E-state index is 0.835. The maximum Gasteiger partial charge on any atom is 0.0224 e. The monoisotopic (exact) mass is 268 g/mol. The normalized spacial score (nSPS) is 38.8. The molecule has 0 bridgehead atoms. The standard InChI is InChI=1S/C15H28N2S/c1-2-13-10-16-8-5-6-14(16)11-17(13)12-15-7-3-4-9-18-15/h13-15H,2-12H2,1H3. The van der Waals surface area contributed by atoms with Crippen LogP contribution in [-0.4, -0.2) is 59.1 Å². The molecule has 3 heteroatoms. The first-order valence-electron chi connectivity index (χ1n) is 7.96. The van der Waals surface area contributed by atoms with Crippen LogP contribution in [0.1, 0.15) is 45.4 Å². The van der Waals surface area contributed by atoms with Gasteiger partial charge in [0.2, 0.25) is 0 Å². The van der Waals surface area contributed by atoms with Crippen LogP contribution in [-0.2, 0) is 0 Å². The minimum Gasteiger partial charge on any atom is -0.298 e. The average Bonchev–Trinajstić information content (AvgIpc) is 2.86. The van der Waals surface area contributed by atoms with Gasteiger partial charge in [0, 0.05) is 37.0 Å². The lowest BCUT2D eigenvalue weighted by atomic mass is 10.0. The van der Waals surface area contributed by atoms with Gasteiger partial charge in [-0.05, 0) is 44.4 Å². The molecule has 3 saturated heterocycles. The molecule has 3 heterocycles. The highest BCUT2D eigenvalue weighted by Crippen LogP contribution is 2.30. The molecule has 0 amide bonds. The molecule has 3 fully saturated rings. The van der Waals surface area contributed by atoms with E-state index in [2.05, 4.69) is 28.5 Å². The van der Waals surface area contributed by atoms with Crippen molar-refractivity contribution in [3.8, 4) is 0 Å². The van der Waals surface area contributed by atoms with Gasteiger partial charge in [-0.3, -0.25) is 9.80 Å². The van der Waals surface area contributed by atoms with Crippen molar-refractivity contribution in [3.63, 3.8) is 0 Å². The second-order valence-electron chi connectivity index (χ2n) is 6.30. The predicted molar refractivity (Wildman–Crippen MR) is 80.3 cm³/mol. The number of rotatable bonds is 3. The summed E-state index contributed by atoms with van der Waals surface area (Å²) < 4.78 is 0. The van der Waals surface area contributed by atoms with E-state index >= 15 is 0 Å². The van der Waals surface area contributed by atoms with Gasteiger partial charge in [0.05, 0.1) is 0 Å². The van der Waals surface area contributed by atoms with Crippen LogP contribution in [0.25, 0.3) is 0 Å². The summed E-state index contributed by atoms with van der Waals surface area (Å²) in [5.74, 6) is 1.41. The molecule has 0 aromatic carbocycles. The zero-order chi connectivity index (χ0) is 12.4. The first kappa shape index (κ1) is 13.3. The van der Waals surface area contributed by atoms with E-state index in [-0.39, 0.29) is 0 Å². The van der Waals surface area contributed by atoms with Crippen LogP contribution in [0.15, 0.2) is 0 Å². The third kappa shape index (κ3) is 2.88. The highest BCUT2D eigenvalue weighted by Gasteiger charge is 2.36. The van der Waals surface area contributed by atoms with Gasteiger partial charge in [-0.15, -0.1) is 0 Å². The smallest absolute Gasteiger partial charge is 0.0224 e. The quantitative estimate of drug-likeness (QED) is 0.777. The first-order valence-corrected chi connectivity index (χ1v) is 9.01. The zero-order valence-electron chi connectivity index (χ0n) is 11.8. The van der Waals surface area contributed by atoms with Crippen LogP contribution >= 0.6 is 11.8 Å². The van der Waals surface area contributed by atoms with Crippen molar-refractivity contribution in [2.75, 3.05) is 31.9 Å². The van der Waals surface area contributed by atoms with Crippen molar-refractivity contribution in [2.24, 2.45) is 0 Å². The van der Waals surface area contributed by atoms with Gasteiger partial charge in [-0.1, -0.05) is 13.3 Å². The molecule has 18 heavy (non-hydrogen) atoms. The molecular formula is C15H28N2S. The van der Waals surface area contributed by atoms with Crippen molar-refractivity contribution in [2.45, 2.75) is 62.8 Å². The summed E-state index contributed by atoms with van der Waals surface area (Å²) in [6.45, 7) is 7.82. The second kappa shape index (κ2) is 6.15. The fraction of sp³-hybridized carbons (Fsp3) is 1.00. The number of hydrogen-bond acceptors (Lipinski definition) is 3. The zero-order valence-corrected chi connectivity index (χ0v) is 12.6. The topological polar surface area (TPSA) is 6.48 Å². The molecule has 3 aliphatic rings. The largest absolute Gasteiger partial charge is 0.298 e. The molecule has 2 nitrogen and oxygen atoms in total. The summed E-state index contributed by atoms with van der Waals surface area (Å²) in [6.07, 6.45) is 8.61. The van der Waals surface area contributed by atoms with E-state index in [0.717, 1.165) is 17.3 Å². The van der Waals surface area contributed by atoms with Gasteiger partial charge in [0.1, 0.15) is 0 Å². The highest BCUT2D eigenvalue weighted by molar-refractivity contribution is 7.99. The van der Waals surface area contributed by atoms with Gasteiger partial charge in [-0.25, -0.2) is 0 Å². The van der Waals surface area contributed by atoms with Crippen molar-refractivity contribution < 1.29 is 0 Å². The predicted octanol–water partition coefficient (Wildman–Crippen LogP) is 2.83. The van der Waals surface area contributed by atoms with Crippen LogP contribution in [0, 0.1) is 0 Å². The summed E-state index contributed by atoms with van der Waals surface area (Å²) in [5.41, 5.74) is 0. The van der Waals surface area contributed by atoms with Crippen molar-refractivity contribution in [3.05, 3.63) is 0 Å². The lowest BCUT2D eigenvalue weighted by molar-refractivity contribution is 0.0490. The summed E-state index contributed by atoms with van der Waals surface area (Å²) in [6, 6.07) is 1.73. The fourth-order valence-electron chi connectivity index (χ4n) is 3.97. The number of thioether (sulfide) groups is 1. The van der Waals surface area contributed by atoms with Crippen LogP contribution < -0.4 is 0 Å². The number of hydrogen-bond donors (Lipinski definition) is 0. The Balaban J connectivity index is 1.58. The van der Waals surface area contributed by atoms with Crippen LogP contribution in [0.5, 0.6) is 0 Å². The Morgan fingerprint density at radius 3 is 2.83 bits per heavy atom. The molecule has 0 N–H and O–H groups in total. The lowest BCUT2D eigenvalue weighted by Crippen LogP contribution is -2.57. The summed E-state index contributed by atoms with van der Waals surface area (Å²) in [4.78, 5) is 5.61. The molecule has 0 spiro atoms. The molecule has 0 aromatic heterocycles. The Morgan fingerprint density at radius 1 is 1.11 bits per heavy atom. The van der Waals surface area contributed by atoms with E-state index in [9.17, 15) is 0 Å². The van der Waals surface area contributed by atoms with Crippen LogP contribution in [0.4, 0.5) is 0 Å². The van der Waals surface area contributed by atoms with E-state index in [0.29, 0.717) is 0 Å². The maximum atomic E-state index is 2.84. The Morgan fingerprint density at radius 2 is 2.06 bits per heavy atom. The van der Waals surface area contributed by atoms with Crippen LogP contribution in [0.3, 0.4) is 0 Å². The number of piperazine rings is 1. The van der Waals surface area contributed by atoms with Crippen LogP contribution in [0.2, 0.25) is 0 Å². The number of fused-ring (bicyclic) bond motifs is 1. The molecule has 0 aliphatic carbocycles. The molecule has 3 rings (SSSR count). The van der Waals surface area contributed by atoms with E-state index in [1.807, 2.05) is 0 Å². The average molecular weight is 268 g/mol. The first-order chi connectivity index (χ1) is 8.86. The van der Waals surface area contributed by atoms with Gasteiger partial charge in [0.25, 0.3) is 0 Å². The lowest BCUT2D eigenvalue weighted by Gasteiger charge is -2.45. The fourth-order valence-corrected chi connectivity index (χ4v) is 5.31. The number of nitrogens with zero attached hydrogens (tertiary/aromatic N) is 2. The van der Waals surface area contributed by atoms with Crippen molar-refractivity contribution in [1.82, 2.24) is 9.80 Å². The SMILES string of the molecule is CCC1CN2CCCC2CN1CC1CCCCS1. The van der Waals surface area contributed by atoms with Gasteiger partial charge in [-0.2, -0.15) is 11.8 Å². The van der Waals surface area contributed by atoms with E-state index < -0.39 is 0 Å². The van der Waals surface area contributed by atoms with E-state index in [1.165, 1.54) is 70.5 Å². The summed E-state index contributed by atoms with van der Waals surface area (Å²) >= 11 is 2.24. The van der Waals surface area contributed by atoms with Gasteiger partial charge in [0.15, 0.2) is 0 Å². The van der Waals surface area contributed by atoms with E-state index in [1.54, 1.807) is 0 Å². The molecule has 0 aromatic rings. The second-order valence-corrected chi connectivity index (χ2v) is 7.70. The van der Waals surface area contributed by atoms with Crippen molar-refractivity contribution in [1.29, 1.82) is 0 Å². The molecule has 3 atom stereocenters. The third-order valence-corrected chi connectivity index (χ3v) is 6.47. The molecule has 3 unspecified atom stereocenters. The highest BCUT2D eigenvalue weighted by atomic mass is 32.2. The Labute approximate surface area is 116 Å². The molecule has 104 valence electrons. The van der Waals surface area contributed by atoms with Gasteiger partial charge < -0.3 is 0 Å². The summed E-state index contributed by atoms with van der Waals surface area (Å²) in [5, 5.41) is 0.931. The summed E-state index contributed by atoms with van der Waals surface area (Å²) in [7, 11) is 0. The molecule has 3 aliphatic heterocycles. The molecule has 0 saturated carbocycles. The maximum absolute atomic E-state index is 2.84. The minimum atomic E-state index is 0.835. The Hall–Kier alpha value is 0.270. The molecule has 0 radical (unpaired) electrons. The third-order valence-electron chi connectivity index (χ3n) is 5.09. The van der Waals surface area contributed by atoms with Gasteiger partial charge >= 0.3 is 0 Å². The Kier molecular flexibility index (Phi) is 4.53. The molecular weight excluding hydrogens is 240 g/mol.